The van der Waals surface area contributed by atoms with E-state index in [1.54, 1.807) is 12.1 Å². The van der Waals surface area contributed by atoms with E-state index in [1.165, 1.54) is 0 Å². The number of nitrogen functional groups attached to an aromatic ring is 1. The summed E-state index contributed by atoms with van der Waals surface area (Å²) in [5, 5.41) is 8.78. The van der Waals surface area contributed by atoms with E-state index in [1.807, 2.05) is 6.07 Å². The lowest BCUT2D eigenvalue weighted by atomic mass is 10.0. The Morgan fingerprint density at radius 2 is 2.36 bits per heavy atom. The number of rotatable bonds is 1. The zero-order chi connectivity index (χ0) is 10.1. The van der Waals surface area contributed by atoms with Crippen molar-refractivity contribution in [1.29, 1.82) is 0 Å². The molecule has 1 aromatic rings. The quantitative estimate of drug-likeness (QED) is 0.654. The second-order valence-corrected chi connectivity index (χ2v) is 3.35. The molecular formula is C10H11NO3. The van der Waals surface area contributed by atoms with Crippen LogP contribution in [0, 0.1) is 0 Å². The minimum Gasteiger partial charge on any atom is -0.479 e. The van der Waals surface area contributed by atoms with Crippen LogP contribution in [0.1, 0.15) is 12.0 Å². The third-order valence-electron chi connectivity index (χ3n) is 2.31. The number of carboxylic acids is 1. The molecule has 0 unspecified atom stereocenters. The molecule has 1 aromatic carbocycles. The first-order chi connectivity index (χ1) is 6.66. The van der Waals surface area contributed by atoms with Crippen molar-refractivity contribution in [2.45, 2.75) is 18.9 Å². The molecule has 4 nitrogen and oxygen atoms in total. The maximum absolute atomic E-state index is 10.7. The number of hydrogen-bond donors (Lipinski definition) is 2. The van der Waals surface area contributed by atoms with Gasteiger partial charge in [0.15, 0.2) is 6.10 Å². The summed E-state index contributed by atoms with van der Waals surface area (Å²) in [5.74, 6) is -0.318. The fourth-order valence-electron chi connectivity index (χ4n) is 1.56. The monoisotopic (exact) mass is 193 g/mol. The Morgan fingerprint density at radius 1 is 1.57 bits per heavy atom. The minimum absolute atomic E-state index is 0.520. The third-order valence-corrected chi connectivity index (χ3v) is 2.31. The first kappa shape index (κ1) is 8.87. The lowest BCUT2D eigenvalue weighted by molar-refractivity contribution is -0.145. The summed E-state index contributed by atoms with van der Waals surface area (Å²) in [4.78, 5) is 10.7. The lowest BCUT2D eigenvalue weighted by Gasteiger charge is -2.23. The van der Waals surface area contributed by atoms with E-state index >= 15 is 0 Å². The van der Waals surface area contributed by atoms with E-state index in [9.17, 15) is 4.79 Å². The molecule has 1 heterocycles. The molecule has 3 N–H and O–H groups in total. The van der Waals surface area contributed by atoms with E-state index in [0.717, 1.165) is 12.0 Å². The van der Waals surface area contributed by atoms with Crippen molar-refractivity contribution in [2.24, 2.45) is 0 Å². The summed E-state index contributed by atoms with van der Waals surface area (Å²) in [6.45, 7) is 0. The van der Waals surface area contributed by atoms with Crippen LogP contribution in [-0.4, -0.2) is 17.2 Å². The first-order valence-electron chi connectivity index (χ1n) is 4.44. The Labute approximate surface area is 81.3 Å². The number of ether oxygens (including phenoxy) is 1. The Bertz CT molecular complexity index is 376. The van der Waals surface area contributed by atoms with Crippen LogP contribution < -0.4 is 10.5 Å². The van der Waals surface area contributed by atoms with Gasteiger partial charge in [-0.25, -0.2) is 4.79 Å². The molecule has 1 atom stereocenters. The van der Waals surface area contributed by atoms with Crippen LogP contribution in [0.2, 0.25) is 0 Å². The Hall–Kier alpha value is -1.71. The second kappa shape index (κ2) is 3.21. The van der Waals surface area contributed by atoms with Gasteiger partial charge < -0.3 is 15.6 Å². The SMILES string of the molecule is Nc1ccc2c(c1)O[C@H](C(=O)O)CC2. The highest BCUT2D eigenvalue weighted by atomic mass is 16.5. The highest BCUT2D eigenvalue weighted by Crippen LogP contribution is 2.29. The van der Waals surface area contributed by atoms with Gasteiger partial charge >= 0.3 is 5.97 Å². The molecule has 0 radical (unpaired) electrons. The molecule has 0 fully saturated rings. The predicted molar refractivity (Wildman–Crippen MR) is 51.2 cm³/mol. The average molecular weight is 193 g/mol. The molecule has 0 bridgehead atoms. The van der Waals surface area contributed by atoms with Gasteiger partial charge in [-0.2, -0.15) is 0 Å². The van der Waals surface area contributed by atoms with Crippen molar-refractivity contribution in [3.8, 4) is 5.75 Å². The van der Waals surface area contributed by atoms with E-state index in [2.05, 4.69) is 0 Å². The van der Waals surface area contributed by atoms with Crippen LogP contribution in [0.5, 0.6) is 5.75 Å². The molecule has 0 amide bonds. The highest BCUT2D eigenvalue weighted by Gasteiger charge is 2.25. The third kappa shape index (κ3) is 1.51. The molecule has 2 rings (SSSR count). The summed E-state index contributed by atoms with van der Waals surface area (Å²) in [6, 6.07) is 5.34. The van der Waals surface area contributed by atoms with Gasteiger partial charge in [0.05, 0.1) is 0 Å². The van der Waals surface area contributed by atoms with Gasteiger partial charge in [-0.15, -0.1) is 0 Å². The van der Waals surface area contributed by atoms with Crippen molar-refractivity contribution >= 4 is 11.7 Å². The number of aryl methyl sites for hydroxylation is 1. The van der Waals surface area contributed by atoms with Gasteiger partial charge in [0.2, 0.25) is 0 Å². The molecule has 1 aliphatic heterocycles. The molecule has 0 aromatic heterocycles. The zero-order valence-electron chi connectivity index (χ0n) is 7.56. The molecule has 0 spiro atoms. The molecule has 0 saturated heterocycles. The molecule has 14 heavy (non-hydrogen) atoms. The number of aliphatic carboxylic acids is 1. The van der Waals surface area contributed by atoms with E-state index in [0.29, 0.717) is 17.9 Å². The van der Waals surface area contributed by atoms with Crippen LogP contribution in [0.15, 0.2) is 18.2 Å². The van der Waals surface area contributed by atoms with Crippen molar-refractivity contribution < 1.29 is 14.6 Å². The topological polar surface area (TPSA) is 72.5 Å². The van der Waals surface area contributed by atoms with Gasteiger partial charge in [-0.05, 0) is 24.5 Å². The van der Waals surface area contributed by atoms with E-state index < -0.39 is 12.1 Å². The van der Waals surface area contributed by atoms with Crippen molar-refractivity contribution in [2.75, 3.05) is 5.73 Å². The number of anilines is 1. The van der Waals surface area contributed by atoms with Gasteiger partial charge in [0.1, 0.15) is 5.75 Å². The van der Waals surface area contributed by atoms with Crippen LogP contribution in [0.25, 0.3) is 0 Å². The number of benzene rings is 1. The molecule has 4 heteroatoms. The normalized spacial score (nSPS) is 19.6. The maximum Gasteiger partial charge on any atom is 0.344 e. The summed E-state index contributed by atoms with van der Waals surface area (Å²) in [7, 11) is 0. The molecular weight excluding hydrogens is 182 g/mol. The smallest absolute Gasteiger partial charge is 0.344 e. The van der Waals surface area contributed by atoms with E-state index in [4.69, 9.17) is 15.6 Å². The first-order valence-corrected chi connectivity index (χ1v) is 4.44. The van der Waals surface area contributed by atoms with E-state index in [-0.39, 0.29) is 0 Å². The van der Waals surface area contributed by atoms with Gasteiger partial charge in [-0.1, -0.05) is 6.07 Å². The van der Waals surface area contributed by atoms with Crippen LogP contribution in [-0.2, 0) is 11.2 Å². The Kier molecular flexibility index (Phi) is 2.04. The van der Waals surface area contributed by atoms with Crippen molar-refractivity contribution in [3.05, 3.63) is 23.8 Å². The standard InChI is InChI=1S/C10H11NO3/c11-7-3-1-6-2-4-8(10(12)13)14-9(6)5-7/h1,3,5,8H,2,4,11H2,(H,12,13)/t8-/m0/s1. The lowest BCUT2D eigenvalue weighted by Crippen LogP contribution is -2.30. The average Bonchev–Trinajstić information content (AvgIpc) is 2.16. The Balaban J connectivity index is 2.29. The number of hydrogen-bond acceptors (Lipinski definition) is 3. The summed E-state index contributed by atoms with van der Waals surface area (Å²) in [5.41, 5.74) is 7.19. The van der Waals surface area contributed by atoms with Crippen LogP contribution >= 0.6 is 0 Å². The molecule has 74 valence electrons. The largest absolute Gasteiger partial charge is 0.479 e. The van der Waals surface area contributed by atoms with Gasteiger partial charge in [0.25, 0.3) is 0 Å². The minimum atomic E-state index is -0.918. The molecule has 0 aliphatic carbocycles. The summed E-state index contributed by atoms with van der Waals surface area (Å²) < 4.78 is 5.29. The summed E-state index contributed by atoms with van der Waals surface area (Å²) >= 11 is 0. The summed E-state index contributed by atoms with van der Waals surface area (Å²) in [6.07, 6.45) is 0.517. The van der Waals surface area contributed by atoms with Crippen LogP contribution in [0.4, 0.5) is 5.69 Å². The Morgan fingerprint density at radius 3 is 3.07 bits per heavy atom. The fourth-order valence-corrected chi connectivity index (χ4v) is 1.56. The predicted octanol–water partition coefficient (Wildman–Crippen LogP) is 1.05. The highest BCUT2D eigenvalue weighted by molar-refractivity contribution is 5.73. The van der Waals surface area contributed by atoms with Gasteiger partial charge in [-0.3, -0.25) is 0 Å². The number of nitrogens with two attached hydrogens (primary N) is 1. The van der Waals surface area contributed by atoms with Crippen LogP contribution in [0.3, 0.4) is 0 Å². The number of carboxylic acid groups (broad SMARTS) is 1. The fraction of sp³-hybridized carbons (Fsp3) is 0.300. The number of carbonyl (C=O) groups is 1. The molecule has 0 saturated carbocycles. The zero-order valence-corrected chi connectivity index (χ0v) is 7.56. The van der Waals surface area contributed by atoms with Crippen molar-refractivity contribution in [3.63, 3.8) is 0 Å². The number of fused-ring (bicyclic) bond motifs is 1. The maximum atomic E-state index is 10.7. The second-order valence-electron chi connectivity index (χ2n) is 3.35. The molecule has 1 aliphatic rings. The van der Waals surface area contributed by atoms with Gasteiger partial charge in [0, 0.05) is 11.8 Å². The van der Waals surface area contributed by atoms with Crippen molar-refractivity contribution in [1.82, 2.24) is 0 Å².